The molecule has 2 heterocycles. The van der Waals surface area contributed by atoms with Gasteiger partial charge in [-0.2, -0.15) is 5.10 Å². The second-order valence-electron chi connectivity index (χ2n) is 7.83. The van der Waals surface area contributed by atoms with Gasteiger partial charge in [-0.25, -0.2) is 0 Å². The first-order valence-electron chi connectivity index (χ1n) is 10.3. The van der Waals surface area contributed by atoms with Crippen LogP contribution in [0, 0.1) is 10.7 Å². The van der Waals surface area contributed by atoms with Crippen molar-refractivity contribution in [2.45, 2.75) is 59.2 Å². The molecular formula is C21H31N5OS. The lowest BCUT2D eigenvalue weighted by Crippen LogP contribution is -2.32. The molecule has 1 aromatic carbocycles. The third-order valence-corrected chi connectivity index (χ3v) is 5.72. The topological polar surface area (TPSA) is 66.0 Å². The Balaban J connectivity index is 1.47. The molecule has 1 aliphatic heterocycles. The van der Waals surface area contributed by atoms with Crippen LogP contribution in [0.4, 0.5) is 0 Å². The quantitative estimate of drug-likeness (QED) is 0.665. The largest absolute Gasteiger partial charge is 0.350 e. The first kappa shape index (κ1) is 20.7. The fraction of sp³-hybridized carbons (Fsp3) is 0.571. The molecule has 0 radical (unpaired) electrons. The Bertz CT molecular complexity index is 818. The first-order valence-corrected chi connectivity index (χ1v) is 10.7. The maximum Gasteiger partial charge on any atom is 0.240 e. The maximum absolute atomic E-state index is 12.3. The first-order chi connectivity index (χ1) is 13.5. The number of nitrogens with one attached hydrogen (secondary N) is 2. The van der Waals surface area contributed by atoms with E-state index in [0.717, 1.165) is 36.7 Å². The number of nitrogens with zero attached hydrogens (tertiary/aromatic N) is 3. The highest BCUT2D eigenvalue weighted by molar-refractivity contribution is 7.71. The summed E-state index contributed by atoms with van der Waals surface area (Å²) in [7, 11) is 0. The summed E-state index contributed by atoms with van der Waals surface area (Å²) in [6.07, 6.45) is 4.36. The average Bonchev–Trinajstić information content (AvgIpc) is 3.03. The lowest BCUT2D eigenvalue weighted by molar-refractivity contribution is -0.121. The van der Waals surface area contributed by atoms with Crippen molar-refractivity contribution in [2.75, 3.05) is 13.1 Å². The van der Waals surface area contributed by atoms with Gasteiger partial charge in [-0.05, 0) is 61.6 Å². The van der Waals surface area contributed by atoms with Crippen LogP contribution in [0.1, 0.15) is 50.1 Å². The van der Waals surface area contributed by atoms with Crippen molar-refractivity contribution >= 4 is 18.1 Å². The van der Waals surface area contributed by atoms with Gasteiger partial charge in [-0.3, -0.25) is 19.4 Å². The van der Waals surface area contributed by atoms with Gasteiger partial charge in [0, 0.05) is 19.5 Å². The van der Waals surface area contributed by atoms with Crippen LogP contribution < -0.4 is 5.32 Å². The number of carbonyl (C=O) groups is 1. The number of H-pyrrole nitrogens is 1. The van der Waals surface area contributed by atoms with Crippen LogP contribution in [0.2, 0.25) is 0 Å². The summed E-state index contributed by atoms with van der Waals surface area (Å²) in [6.45, 7) is 8.54. The van der Waals surface area contributed by atoms with E-state index in [1.807, 2.05) is 0 Å². The zero-order valence-electron chi connectivity index (χ0n) is 16.9. The van der Waals surface area contributed by atoms with E-state index in [0.29, 0.717) is 11.3 Å². The van der Waals surface area contributed by atoms with Crippen molar-refractivity contribution < 1.29 is 4.79 Å². The minimum atomic E-state index is -0.0543. The number of benzene rings is 1. The van der Waals surface area contributed by atoms with Crippen LogP contribution in [-0.2, 0) is 30.8 Å². The van der Waals surface area contributed by atoms with E-state index in [-0.39, 0.29) is 12.5 Å². The molecule has 2 N–H and O–H groups in total. The summed E-state index contributed by atoms with van der Waals surface area (Å²) >= 11 is 5.23. The minimum Gasteiger partial charge on any atom is -0.350 e. The lowest BCUT2D eigenvalue weighted by Gasteiger charge is -2.30. The van der Waals surface area contributed by atoms with Crippen molar-refractivity contribution in [2.24, 2.45) is 5.92 Å². The third kappa shape index (κ3) is 5.75. The van der Waals surface area contributed by atoms with Crippen LogP contribution in [-0.4, -0.2) is 38.7 Å². The Morgan fingerprint density at radius 2 is 1.93 bits per heavy atom. The molecule has 0 aliphatic carbocycles. The number of likely N-dealkylation sites (tertiary alicyclic amines) is 1. The van der Waals surface area contributed by atoms with Gasteiger partial charge >= 0.3 is 0 Å². The van der Waals surface area contributed by atoms with Crippen LogP contribution >= 0.6 is 12.2 Å². The van der Waals surface area contributed by atoms with E-state index in [4.69, 9.17) is 12.2 Å². The predicted molar refractivity (Wildman–Crippen MR) is 113 cm³/mol. The van der Waals surface area contributed by atoms with E-state index in [9.17, 15) is 4.79 Å². The standard InChI is InChI=1S/C21H31N5OS/c1-3-4-19-23-24-21(28)26(19)15-20(27)22-13-17-5-7-18(8-6-17)14-25-11-9-16(2)10-12-25/h5-8,16H,3-4,9-15H2,1-2H3,(H,22,27)(H,24,28). The number of rotatable bonds is 8. The molecule has 0 unspecified atom stereocenters. The van der Waals surface area contributed by atoms with E-state index in [2.05, 4.69) is 58.5 Å². The number of hydrogen-bond acceptors (Lipinski definition) is 4. The van der Waals surface area contributed by atoms with Crippen LogP contribution in [0.25, 0.3) is 0 Å². The van der Waals surface area contributed by atoms with Gasteiger partial charge in [0.05, 0.1) is 0 Å². The molecule has 6 nitrogen and oxygen atoms in total. The molecule has 0 saturated carbocycles. The Kier molecular flexibility index (Phi) is 7.39. The lowest BCUT2D eigenvalue weighted by atomic mass is 9.99. The van der Waals surface area contributed by atoms with Gasteiger partial charge in [-0.15, -0.1) is 0 Å². The average molecular weight is 402 g/mol. The molecule has 0 atom stereocenters. The van der Waals surface area contributed by atoms with Crippen LogP contribution in [0.3, 0.4) is 0 Å². The van der Waals surface area contributed by atoms with Gasteiger partial charge < -0.3 is 5.32 Å². The molecule has 1 aromatic heterocycles. The molecule has 1 aliphatic rings. The molecule has 0 spiro atoms. The van der Waals surface area contributed by atoms with Crippen molar-refractivity contribution in [1.29, 1.82) is 0 Å². The summed E-state index contributed by atoms with van der Waals surface area (Å²) < 4.78 is 2.27. The monoisotopic (exact) mass is 401 g/mol. The van der Waals surface area contributed by atoms with Gasteiger partial charge in [-0.1, -0.05) is 38.1 Å². The smallest absolute Gasteiger partial charge is 0.240 e. The molecule has 28 heavy (non-hydrogen) atoms. The van der Waals surface area contributed by atoms with Gasteiger partial charge in [0.15, 0.2) is 4.77 Å². The Morgan fingerprint density at radius 1 is 1.25 bits per heavy atom. The molecule has 0 bridgehead atoms. The summed E-state index contributed by atoms with van der Waals surface area (Å²) in [5.74, 6) is 1.64. The van der Waals surface area contributed by atoms with Crippen LogP contribution in [0.5, 0.6) is 0 Å². The molecular weight excluding hydrogens is 370 g/mol. The Hall–Kier alpha value is -1.99. The third-order valence-electron chi connectivity index (χ3n) is 5.41. The summed E-state index contributed by atoms with van der Waals surface area (Å²) in [4.78, 5) is 14.8. The highest BCUT2D eigenvalue weighted by Gasteiger charge is 2.15. The number of carbonyl (C=O) groups excluding carboxylic acids is 1. The maximum atomic E-state index is 12.3. The SMILES string of the molecule is CCCc1n[nH]c(=S)n1CC(=O)NCc1ccc(CN2CCC(C)CC2)cc1. The number of aryl methyl sites for hydroxylation is 1. The van der Waals surface area contributed by atoms with Gasteiger partial charge in [0.25, 0.3) is 0 Å². The molecule has 7 heteroatoms. The zero-order chi connectivity index (χ0) is 19.9. The fourth-order valence-corrected chi connectivity index (χ4v) is 3.78. The second-order valence-corrected chi connectivity index (χ2v) is 8.22. The fourth-order valence-electron chi connectivity index (χ4n) is 3.57. The number of aromatic amines is 1. The van der Waals surface area contributed by atoms with Crippen molar-refractivity contribution in [3.8, 4) is 0 Å². The van der Waals surface area contributed by atoms with Crippen molar-refractivity contribution in [3.05, 3.63) is 46.0 Å². The predicted octanol–water partition coefficient (Wildman–Crippen LogP) is 3.44. The molecule has 3 rings (SSSR count). The summed E-state index contributed by atoms with van der Waals surface area (Å²) in [6, 6.07) is 8.55. The highest BCUT2D eigenvalue weighted by Crippen LogP contribution is 2.18. The summed E-state index contributed by atoms with van der Waals surface area (Å²) in [5.41, 5.74) is 2.44. The number of aromatic nitrogens is 3. The Morgan fingerprint density at radius 3 is 2.61 bits per heavy atom. The molecule has 2 aromatic rings. The zero-order valence-corrected chi connectivity index (χ0v) is 17.7. The number of hydrogen-bond donors (Lipinski definition) is 2. The van der Waals surface area contributed by atoms with Gasteiger partial charge in [0.1, 0.15) is 12.4 Å². The highest BCUT2D eigenvalue weighted by atomic mass is 32.1. The van der Waals surface area contributed by atoms with E-state index < -0.39 is 0 Å². The van der Waals surface area contributed by atoms with Crippen molar-refractivity contribution in [1.82, 2.24) is 25.0 Å². The van der Waals surface area contributed by atoms with E-state index >= 15 is 0 Å². The molecule has 1 fully saturated rings. The van der Waals surface area contributed by atoms with Gasteiger partial charge in [0.2, 0.25) is 5.91 Å². The summed E-state index contributed by atoms with van der Waals surface area (Å²) in [5, 5.41) is 9.96. The number of amides is 1. The van der Waals surface area contributed by atoms with E-state index in [1.165, 1.54) is 31.5 Å². The van der Waals surface area contributed by atoms with Crippen LogP contribution in [0.15, 0.2) is 24.3 Å². The molecule has 152 valence electrons. The molecule has 1 saturated heterocycles. The van der Waals surface area contributed by atoms with E-state index in [1.54, 1.807) is 4.57 Å². The normalized spacial score (nSPS) is 15.6. The van der Waals surface area contributed by atoms with Crippen molar-refractivity contribution in [3.63, 3.8) is 0 Å². The second kappa shape index (κ2) is 9.98. The number of piperidine rings is 1. The minimum absolute atomic E-state index is 0.0543. The molecule has 1 amide bonds. The Labute approximate surface area is 172 Å².